The summed E-state index contributed by atoms with van der Waals surface area (Å²) < 4.78 is 5.45. The van der Waals surface area contributed by atoms with Gasteiger partial charge in [-0.25, -0.2) is 4.98 Å². The zero-order valence-electron chi connectivity index (χ0n) is 11.3. The lowest BCUT2D eigenvalue weighted by atomic mass is 9.97. The largest absolute Gasteiger partial charge is 0.464 e. The molecule has 0 saturated carbocycles. The molecule has 4 rings (SSSR count). The lowest BCUT2D eigenvalue weighted by Gasteiger charge is -2.10. The highest BCUT2D eigenvalue weighted by Crippen LogP contribution is 2.31. The normalized spacial score (nSPS) is 13.9. The fourth-order valence-electron chi connectivity index (χ4n) is 2.80. The molecule has 0 fully saturated rings. The van der Waals surface area contributed by atoms with E-state index in [1.807, 2.05) is 18.2 Å². The van der Waals surface area contributed by atoms with Crippen LogP contribution in [-0.2, 0) is 11.2 Å². The van der Waals surface area contributed by atoms with Crippen LogP contribution in [0.1, 0.15) is 28.5 Å². The molecule has 0 aliphatic heterocycles. The fraction of sp³-hybridized carbons (Fsp3) is 0.118. The first kappa shape index (κ1) is 12.0. The molecule has 0 bridgehead atoms. The van der Waals surface area contributed by atoms with E-state index in [9.17, 15) is 9.59 Å². The van der Waals surface area contributed by atoms with E-state index < -0.39 is 0 Å². The van der Waals surface area contributed by atoms with Gasteiger partial charge < -0.3 is 4.42 Å². The molecule has 0 radical (unpaired) electrons. The monoisotopic (exact) mass is 277 g/mol. The van der Waals surface area contributed by atoms with Crippen molar-refractivity contribution in [3.63, 3.8) is 0 Å². The summed E-state index contributed by atoms with van der Waals surface area (Å²) in [7, 11) is 0. The van der Waals surface area contributed by atoms with Crippen molar-refractivity contribution in [1.29, 1.82) is 0 Å². The predicted octanol–water partition coefficient (Wildman–Crippen LogP) is 3.32. The van der Waals surface area contributed by atoms with Crippen LogP contribution in [0, 0.1) is 0 Å². The number of ketones is 2. The van der Waals surface area contributed by atoms with Crippen molar-refractivity contribution < 1.29 is 14.0 Å². The number of pyridine rings is 1. The Morgan fingerprint density at radius 3 is 2.95 bits per heavy atom. The summed E-state index contributed by atoms with van der Waals surface area (Å²) >= 11 is 0. The van der Waals surface area contributed by atoms with Gasteiger partial charge in [-0.15, -0.1) is 0 Å². The van der Waals surface area contributed by atoms with E-state index in [1.165, 1.54) is 13.2 Å². The molecule has 3 aromatic rings. The highest BCUT2D eigenvalue weighted by molar-refractivity contribution is 6.16. The smallest absolute Gasteiger partial charge is 0.163 e. The fourth-order valence-corrected chi connectivity index (χ4v) is 2.80. The standard InChI is InChI=1S/C17H11NO3/c1-9(19)13-8-21-16-5-4-15-12(17(13)16)7-10-6-11(20)2-3-14(10)18-15/h2-5,7-8H,6H2,1H3. The second kappa shape index (κ2) is 4.12. The lowest BCUT2D eigenvalue weighted by molar-refractivity contribution is -0.114. The van der Waals surface area contributed by atoms with Crippen molar-refractivity contribution in [2.24, 2.45) is 0 Å². The Kier molecular flexibility index (Phi) is 2.36. The lowest BCUT2D eigenvalue weighted by Crippen LogP contribution is -2.07. The number of nitrogens with zero attached hydrogens (tertiary/aromatic N) is 1. The molecule has 21 heavy (non-hydrogen) atoms. The summed E-state index contributed by atoms with van der Waals surface area (Å²) in [5, 5.41) is 1.63. The molecule has 0 atom stereocenters. The molecule has 0 unspecified atom stereocenters. The molecular formula is C17H11NO3. The van der Waals surface area contributed by atoms with Gasteiger partial charge in [0, 0.05) is 17.2 Å². The van der Waals surface area contributed by atoms with Crippen molar-refractivity contribution in [2.75, 3.05) is 0 Å². The first-order valence-electron chi connectivity index (χ1n) is 6.69. The Morgan fingerprint density at radius 2 is 2.14 bits per heavy atom. The molecule has 0 saturated heterocycles. The molecule has 4 nitrogen and oxygen atoms in total. The molecule has 102 valence electrons. The van der Waals surface area contributed by atoms with Crippen molar-refractivity contribution in [3.05, 3.63) is 47.4 Å². The van der Waals surface area contributed by atoms with Crippen LogP contribution < -0.4 is 0 Å². The first-order chi connectivity index (χ1) is 10.1. The van der Waals surface area contributed by atoms with Gasteiger partial charge in [-0.05, 0) is 42.8 Å². The number of allylic oxidation sites excluding steroid dienone is 1. The molecule has 0 amide bonds. The van der Waals surface area contributed by atoms with Crippen LogP contribution in [0.4, 0.5) is 0 Å². The summed E-state index contributed by atoms with van der Waals surface area (Å²) in [4.78, 5) is 27.9. The van der Waals surface area contributed by atoms with Gasteiger partial charge in [0.1, 0.15) is 11.8 Å². The number of benzene rings is 1. The molecule has 4 heteroatoms. The molecule has 1 aromatic carbocycles. The van der Waals surface area contributed by atoms with E-state index in [4.69, 9.17) is 4.42 Å². The van der Waals surface area contributed by atoms with Gasteiger partial charge >= 0.3 is 0 Å². The maximum Gasteiger partial charge on any atom is 0.163 e. The van der Waals surface area contributed by atoms with Crippen LogP contribution in [0.25, 0.3) is 27.9 Å². The van der Waals surface area contributed by atoms with Crippen molar-refractivity contribution >= 4 is 39.5 Å². The zero-order chi connectivity index (χ0) is 14.6. The van der Waals surface area contributed by atoms with Gasteiger partial charge in [-0.1, -0.05) is 0 Å². The van der Waals surface area contributed by atoms with Crippen molar-refractivity contribution in [3.8, 4) is 0 Å². The Labute approximate surface area is 120 Å². The van der Waals surface area contributed by atoms with Gasteiger partial charge in [-0.3, -0.25) is 9.59 Å². The van der Waals surface area contributed by atoms with E-state index in [1.54, 1.807) is 12.2 Å². The van der Waals surface area contributed by atoms with Gasteiger partial charge in [0.2, 0.25) is 0 Å². The predicted molar refractivity (Wildman–Crippen MR) is 79.3 cm³/mol. The van der Waals surface area contributed by atoms with Gasteiger partial charge in [0.15, 0.2) is 11.6 Å². The minimum atomic E-state index is -0.0463. The Morgan fingerprint density at radius 1 is 1.29 bits per heavy atom. The molecule has 0 spiro atoms. The summed E-state index contributed by atoms with van der Waals surface area (Å²) in [6.45, 7) is 1.52. The van der Waals surface area contributed by atoms with Gasteiger partial charge in [0.05, 0.1) is 16.8 Å². The minimum absolute atomic E-state index is 0.0463. The quantitative estimate of drug-likeness (QED) is 0.640. The van der Waals surface area contributed by atoms with Gasteiger partial charge in [-0.2, -0.15) is 0 Å². The van der Waals surface area contributed by atoms with Crippen molar-refractivity contribution in [1.82, 2.24) is 4.98 Å². The second-order valence-electron chi connectivity index (χ2n) is 5.22. The molecule has 2 aromatic heterocycles. The molecule has 1 aliphatic rings. The molecule has 1 aliphatic carbocycles. The van der Waals surface area contributed by atoms with E-state index in [2.05, 4.69) is 4.98 Å². The Balaban J connectivity index is 2.13. The SMILES string of the molecule is CC(=O)c1coc2ccc3nc4c(cc3c12)CC(=O)C=C4. The highest BCUT2D eigenvalue weighted by Gasteiger charge is 2.17. The summed E-state index contributed by atoms with van der Waals surface area (Å²) in [6.07, 6.45) is 5.12. The van der Waals surface area contributed by atoms with Crippen LogP contribution >= 0.6 is 0 Å². The van der Waals surface area contributed by atoms with Crippen LogP contribution in [0.5, 0.6) is 0 Å². The maximum atomic E-state index is 11.8. The number of hydrogen-bond donors (Lipinski definition) is 0. The highest BCUT2D eigenvalue weighted by atomic mass is 16.3. The molecular weight excluding hydrogens is 266 g/mol. The number of carbonyl (C=O) groups is 2. The number of aromatic nitrogens is 1. The summed E-state index contributed by atoms with van der Waals surface area (Å²) in [5.41, 5.74) is 3.71. The Hall–Kier alpha value is -2.75. The third-order valence-corrected chi connectivity index (χ3v) is 3.82. The maximum absolute atomic E-state index is 11.8. The van der Waals surface area contributed by atoms with E-state index in [0.717, 1.165) is 27.5 Å². The number of Topliss-reactive ketones (excluding diaryl/α,β-unsaturated/α-hetero) is 1. The van der Waals surface area contributed by atoms with E-state index >= 15 is 0 Å². The van der Waals surface area contributed by atoms with Gasteiger partial charge in [0.25, 0.3) is 0 Å². The molecule has 0 N–H and O–H groups in total. The third-order valence-electron chi connectivity index (χ3n) is 3.82. The topological polar surface area (TPSA) is 60.2 Å². The van der Waals surface area contributed by atoms with Crippen LogP contribution in [0.2, 0.25) is 0 Å². The number of fused-ring (bicyclic) bond motifs is 4. The Bertz CT molecular complexity index is 963. The van der Waals surface area contributed by atoms with Crippen LogP contribution in [-0.4, -0.2) is 16.6 Å². The van der Waals surface area contributed by atoms with E-state index in [-0.39, 0.29) is 11.6 Å². The zero-order valence-corrected chi connectivity index (χ0v) is 11.3. The van der Waals surface area contributed by atoms with Crippen LogP contribution in [0.15, 0.2) is 35.0 Å². The first-order valence-corrected chi connectivity index (χ1v) is 6.69. The summed E-state index contributed by atoms with van der Waals surface area (Å²) in [5.74, 6) is 0.0183. The van der Waals surface area contributed by atoms with Crippen LogP contribution in [0.3, 0.4) is 0 Å². The minimum Gasteiger partial charge on any atom is -0.464 e. The van der Waals surface area contributed by atoms with Crippen molar-refractivity contribution in [2.45, 2.75) is 13.3 Å². The second-order valence-corrected chi connectivity index (χ2v) is 5.22. The number of hydrogen-bond acceptors (Lipinski definition) is 4. The number of carbonyl (C=O) groups excluding carboxylic acids is 2. The molecule has 2 heterocycles. The number of furan rings is 1. The average Bonchev–Trinajstić information content (AvgIpc) is 2.89. The van der Waals surface area contributed by atoms with E-state index in [0.29, 0.717) is 17.6 Å². The third kappa shape index (κ3) is 1.72. The number of rotatable bonds is 1. The average molecular weight is 277 g/mol. The summed E-state index contributed by atoms with van der Waals surface area (Å²) in [6, 6.07) is 5.64.